The van der Waals surface area contributed by atoms with Crippen LogP contribution in [0.3, 0.4) is 0 Å². The molecule has 0 aromatic carbocycles. The highest BCUT2D eigenvalue weighted by Crippen LogP contribution is 2.37. The fourth-order valence-corrected chi connectivity index (χ4v) is 4.05. The van der Waals surface area contributed by atoms with E-state index in [0.717, 1.165) is 24.4 Å². The highest BCUT2D eigenvalue weighted by atomic mass is 16.5. The normalized spacial score (nSPS) is 40.4. The summed E-state index contributed by atoms with van der Waals surface area (Å²) in [6, 6.07) is 0.682. The number of ether oxygens (including phenoxy) is 1. The lowest BCUT2D eigenvalue weighted by Gasteiger charge is -2.38. The van der Waals surface area contributed by atoms with Crippen molar-refractivity contribution in [1.29, 1.82) is 0 Å². The van der Waals surface area contributed by atoms with Crippen molar-refractivity contribution in [3.8, 4) is 0 Å². The molecule has 1 aliphatic heterocycles. The molecule has 17 heavy (non-hydrogen) atoms. The summed E-state index contributed by atoms with van der Waals surface area (Å²) in [7, 11) is 2.14. The summed E-state index contributed by atoms with van der Waals surface area (Å²) >= 11 is 0. The summed E-state index contributed by atoms with van der Waals surface area (Å²) in [5, 5.41) is 3.61. The third-order valence-corrected chi connectivity index (χ3v) is 5.14. The molecule has 0 spiro atoms. The fraction of sp³-hybridized carbons (Fsp3) is 1.00. The molecule has 5 atom stereocenters. The first-order chi connectivity index (χ1) is 8.26. The van der Waals surface area contributed by atoms with Crippen molar-refractivity contribution in [2.45, 2.75) is 64.5 Å². The van der Waals surface area contributed by atoms with Gasteiger partial charge in [-0.2, -0.15) is 0 Å². The van der Waals surface area contributed by atoms with Gasteiger partial charge in [-0.15, -0.1) is 0 Å². The van der Waals surface area contributed by atoms with Crippen LogP contribution >= 0.6 is 0 Å². The van der Waals surface area contributed by atoms with Crippen LogP contribution in [0.2, 0.25) is 0 Å². The Morgan fingerprint density at radius 2 is 2.12 bits per heavy atom. The monoisotopic (exact) mass is 239 g/mol. The maximum Gasteiger partial charge on any atom is 0.0590 e. The summed E-state index contributed by atoms with van der Waals surface area (Å²) in [6.45, 7) is 5.57. The highest BCUT2D eigenvalue weighted by molar-refractivity contribution is 4.90. The Labute approximate surface area is 107 Å². The molecule has 0 aromatic heterocycles. The molecule has 2 heteroatoms. The van der Waals surface area contributed by atoms with Gasteiger partial charge in [0.05, 0.1) is 6.10 Å². The molecule has 0 amide bonds. The fourth-order valence-electron chi connectivity index (χ4n) is 4.05. The molecule has 1 saturated carbocycles. The SMILES string of the molecule is CCC1CCCC(C(NC)C2CCOC2C)C1. The molecule has 0 aromatic rings. The van der Waals surface area contributed by atoms with Crippen molar-refractivity contribution in [3.63, 3.8) is 0 Å². The van der Waals surface area contributed by atoms with Crippen molar-refractivity contribution < 1.29 is 4.74 Å². The van der Waals surface area contributed by atoms with Crippen LogP contribution in [0, 0.1) is 17.8 Å². The van der Waals surface area contributed by atoms with Crippen LogP contribution in [-0.4, -0.2) is 25.8 Å². The lowest BCUT2D eigenvalue weighted by atomic mass is 9.72. The van der Waals surface area contributed by atoms with Gasteiger partial charge < -0.3 is 10.1 Å². The van der Waals surface area contributed by atoms with Gasteiger partial charge >= 0.3 is 0 Å². The summed E-state index contributed by atoms with van der Waals surface area (Å²) in [5.41, 5.74) is 0. The molecule has 0 bridgehead atoms. The molecule has 100 valence electrons. The van der Waals surface area contributed by atoms with Gasteiger partial charge in [0.2, 0.25) is 0 Å². The first kappa shape index (κ1) is 13.4. The van der Waals surface area contributed by atoms with E-state index in [0.29, 0.717) is 12.1 Å². The van der Waals surface area contributed by atoms with Crippen molar-refractivity contribution in [1.82, 2.24) is 5.32 Å². The maximum atomic E-state index is 5.75. The molecule has 1 saturated heterocycles. The van der Waals surface area contributed by atoms with Crippen LogP contribution < -0.4 is 5.32 Å². The Balaban J connectivity index is 1.97. The zero-order valence-electron chi connectivity index (χ0n) is 11.7. The van der Waals surface area contributed by atoms with E-state index in [1.54, 1.807) is 0 Å². The number of hydrogen-bond acceptors (Lipinski definition) is 2. The summed E-state index contributed by atoms with van der Waals surface area (Å²) in [4.78, 5) is 0. The van der Waals surface area contributed by atoms with Gasteiger partial charge in [0.25, 0.3) is 0 Å². The third kappa shape index (κ3) is 3.03. The van der Waals surface area contributed by atoms with Crippen molar-refractivity contribution in [2.24, 2.45) is 17.8 Å². The Kier molecular flexibility index (Phi) is 4.87. The van der Waals surface area contributed by atoms with Gasteiger partial charge in [0.15, 0.2) is 0 Å². The Morgan fingerprint density at radius 1 is 1.29 bits per heavy atom. The zero-order valence-corrected chi connectivity index (χ0v) is 11.7. The van der Waals surface area contributed by atoms with Gasteiger partial charge in [-0.05, 0) is 45.1 Å². The predicted molar refractivity (Wildman–Crippen MR) is 72.1 cm³/mol. The van der Waals surface area contributed by atoms with Gasteiger partial charge in [-0.1, -0.05) is 26.2 Å². The Hall–Kier alpha value is -0.0800. The topological polar surface area (TPSA) is 21.3 Å². The molecule has 2 aliphatic rings. The van der Waals surface area contributed by atoms with E-state index in [1.165, 1.54) is 38.5 Å². The van der Waals surface area contributed by atoms with E-state index in [4.69, 9.17) is 4.74 Å². The lowest BCUT2D eigenvalue weighted by molar-refractivity contribution is 0.0784. The second-order valence-corrected chi connectivity index (χ2v) is 6.04. The molecule has 1 N–H and O–H groups in total. The van der Waals surface area contributed by atoms with E-state index in [2.05, 4.69) is 26.2 Å². The van der Waals surface area contributed by atoms with Gasteiger partial charge in [0.1, 0.15) is 0 Å². The van der Waals surface area contributed by atoms with E-state index in [9.17, 15) is 0 Å². The minimum Gasteiger partial charge on any atom is -0.378 e. The van der Waals surface area contributed by atoms with Crippen LogP contribution in [0.15, 0.2) is 0 Å². The van der Waals surface area contributed by atoms with E-state index >= 15 is 0 Å². The number of nitrogens with one attached hydrogen (secondary N) is 1. The van der Waals surface area contributed by atoms with Crippen LogP contribution in [0.4, 0.5) is 0 Å². The molecule has 5 unspecified atom stereocenters. The average Bonchev–Trinajstić information content (AvgIpc) is 2.77. The molecule has 2 fully saturated rings. The van der Waals surface area contributed by atoms with Gasteiger partial charge in [-0.25, -0.2) is 0 Å². The van der Waals surface area contributed by atoms with Crippen LogP contribution in [0.25, 0.3) is 0 Å². The predicted octanol–water partition coefficient (Wildman–Crippen LogP) is 3.22. The molecule has 1 heterocycles. The van der Waals surface area contributed by atoms with E-state index in [-0.39, 0.29) is 0 Å². The minimum atomic E-state index is 0.453. The number of hydrogen-bond donors (Lipinski definition) is 1. The van der Waals surface area contributed by atoms with Crippen molar-refractivity contribution in [2.75, 3.05) is 13.7 Å². The second kappa shape index (κ2) is 6.19. The average molecular weight is 239 g/mol. The van der Waals surface area contributed by atoms with Crippen molar-refractivity contribution in [3.05, 3.63) is 0 Å². The smallest absolute Gasteiger partial charge is 0.0590 e. The first-order valence-corrected chi connectivity index (χ1v) is 7.55. The van der Waals surface area contributed by atoms with Gasteiger partial charge in [-0.3, -0.25) is 0 Å². The molecular formula is C15H29NO. The Morgan fingerprint density at radius 3 is 2.71 bits per heavy atom. The maximum absolute atomic E-state index is 5.75. The molecule has 2 nitrogen and oxygen atoms in total. The standard InChI is InChI=1S/C15H29NO/c1-4-12-6-5-7-13(10-12)15(16-3)14-8-9-17-11(14)2/h11-16H,4-10H2,1-3H3. The quantitative estimate of drug-likeness (QED) is 0.813. The third-order valence-electron chi connectivity index (χ3n) is 5.14. The molecule has 1 aliphatic carbocycles. The van der Waals surface area contributed by atoms with Crippen molar-refractivity contribution >= 4 is 0 Å². The van der Waals surface area contributed by atoms with E-state index < -0.39 is 0 Å². The van der Waals surface area contributed by atoms with Gasteiger partial charge in [0, 0.05) is 18.6 Å². The largest absolute Gasteiger partial charge is 0.378 e. The van der Waals surface area contributed by atoms with Crippen LogP contribution in [0.1, 0.15) is 52.4 Å². The summed E-state index contributed by atoms with van der Waals surface area (Å²) in [5.74, 6) is 2.59. The first-order valence-electron chi connectivity index (χ1n) is 7.55. The second-order valence-electron chi connectivity index (χ2n) is 6.04. The highest BCUT2D eigenvalue weighted by Gasteiger charge is 2.37. The molecule has 2 rings (SSSR count). The lowest BCUT2D eigenvalue weighted by Crippen LogP contribution is -2.44. The summed E-state index contributed by atoms with van der Waals surface area (Å²) < 4.78 is 5.75. The molecular weight excluding hydrogens is 210 g/mol. The molecule has 0 radical (unpaired) electrons. The minimum absolute atomic E-state index is 0.453. The Bertz CT molecular complexity index is 231. The number of rotatable bonds is 4. The van der Waals surface area contributed by atoms with Crippen LogP contribution in [0.5, 0.6) is 0 Å². The zero-order chi connectivity index (χ0) is 12.3. The van der Waals surface area contributed by atoms with Crippen LogP contribution in [-0.2, 0) is 4.74 Å². The summed E-state index contributed by atoms with van der Waals surface area (Å²) in [6.07, 6.45) is 8.82. The van der Waals surface area contributed by atoms with E-state index in [1.807, 2.05) is 0 Å².